The summed E-state index contributed by atoms with van der Waals surface area (Å²) in [4.78, 5) is 38.5. The first-order valence-corrected chi connectivity index (χ1v) is 8.88. The van der Waals surface area contributed by atoms with E-state index in [-0.39, 0.29) is 36.0 Å². The van der Waals surface area contributed by atoms with Crippen molar-refractivity contribution in [1.82, 2.24) is 15.6 Å². The Labute approximate surface area is 155 Å². The number of hydrogen-bond donors (Lipinski definition) is 3. The second-order valence-corrected chi connectivity index (χ2v) is 7.66. The number of rotatable bonds is 6. The highest BCUT2D eigenvalue weighted by molar-refractivity contribution is 7.09. The summed E-state index contributed by atoms with van der Waals surface area (Å²) in [6.07, 6.45) is 0. The predicted molar refractivity (Wildman–Crippen MR) is 98.4 cm³/mol. The Hall–Kier alpha value is -2.74. The third kappa shape index (κ3) is 5.38. The number of carboxylic acid groups (broad SMARTS) is 1. The van der Waals surface area contributed by atoms with E-state index in [1.165, 1.54) is 5.38 Å². The van der Waals surface area contributed by atoms with E-state index in [0.717, 1.165) is 16.9 Å². The van der Waals surface area contributed by atoms with E-state index in [9.17, 15) is 14.4 Å². The number of benzene rings is 1. The van der Waals surface area contributed by atoms with Crippen molar-refractivity contribution < 1.29 is 19.5 Å². The van der Waals surface area contributed by atoms with Gasteiger partial charge in [0.25, 0.3) is 5.91 Å². The van der Waals surface area contributed by atoms with Crippen LogP contribution < -0.4 is 10.6 Å². The molecule has 2 aromatic rings. The molecule has 1 heterocycles. The molecule has 0 fully saturated rings. The lowest BCUT2D eigenvalue weighted by molar-refractivity contribution is -0.120. The smallest absolute Gasteiger partial charge is 0.355 e. The highest BCUT2D eigenvalue weighted by Crippen LogP contribution is 2.22. The highest BCUT2D eigenvalue weighted by Gasteiger charge is 2.15. The van der Waals surface area contributed by atoms with Gasteiger partial charge in [0, 0.05) is 10.9 Å². The van der Waals surface area contributed by atoms with Crippen LogP contribution in [0.3, 0.4) is 0 Å². The van der Waals surface area contributed by atoms with Gasteiger partial charge in [-0.1, -0.05) is 32.9 Å². The Balaban J connectivity index is 1.80. The molecule has 2 rings (SSSR count). The van der Waals surface area contributed by atoms with Crippen LogP contribution in [-0.2, 0) is 16.8 Å². The van der Waals surface area contributed by atoms with Crippen LogP contribution in [0.2, 0.25) is 0 Å². The fraction of sp³-hybridized carbons (Fsp3) is 0.333. The van der Waals surface area contributed by atoms with Gasteiger partial charge in [0.05, 0.1) is 13.1 Å². The van der Waals surface area contributed by atoms with Crippen molar-refractivity contribution in [3.63, 3.8) is 0 Å². The number of carbonyl (C=O) groups is 3. The van der Waals surface area contributed by atoms with Crippen LogP contribution in [0.5, 0.6) is 0 Å². The van der Waals surface area contributed by atoms with Gasteiger partial charge in [-0.25, -0.2) is 9.78 Å². The van der Waals surface area contributed by atoms with Gasteiger partial charge in [-0.05, 0) is 23.1 Å². The molecule has 0 aliphatic rings. The third-order valence-electron chi connectivity index (χ3n) is 3.63. The predicted octanol–water partition coefficient (Wildman–Crippen LogP) is 2.19. The maximum Gasteiger partial charge on any atom is 0.355 e. The molecule has 0 aliphatic carbocycles. The molecule has 0 saturated heterocycles. The molecule has 0 bridgehead atoms. The molecule has 0 aliphatic heterocycles. The van der Waals surface area contributed by atoms with E-state index < -0.39 is 5.97 Å². The molecule has 26 heavy (non-hydrogen) atoms. The highest BCUT2D eigenvalue weighted by atomic mass is 32.1. The molecule has 0 unspecified atom stereocenters. The Morgan fingerprint density at radius 2 is 1.77 bits per heavy atom. The lowest BCUT2D eigenvalue weighted by Gasteiger charge is -2.19. The van der Waals surface area contributed by atoms with Gasteiger partial charge in [0.15, 0.2) is 5.69 Å². The van der Waals surface area contributed by atoms with Gasteiger partial charge >= 0.3 is 5.97 Å². The van der Waals surface area contributed by atoms with Gasteiger partial charge < -0.3 is 15.7 Å². The van der Waals surface area contributed by atoms with Crippen LogP contribution in [0, 0.1) is 0 Å². The van der Waals surface area contributed by atoms with E-state index >= 15 is 0 Å². The summed E-state index contributed by atoms with van der Waals surface area (Å²) in [6, 6.07) is 7.27. The van der Waals surface area contributed by atoms with Crippen molar-refractivity contribution in [3.8, 4) is 0 Å². The molecule has 2 amide bonds. The van der Waals surface area contributed by atoms with Crippen molar-refractivity contribution in [3.05, 3.63) is 51.5 Å². The maximum absolute atomic E-state index is 12.1. The lowest BCUT2D eigenvalue weighted by Crippen LogP contribution is -2.36. The second-order valence-electron chi connectivity index (χ2n) is 6.72. The summed E-state index contributed by atoms with van der Waals surface area (Å²) >= 11 is 1.15. The lowest BCUT2D eigenvalue weighted by atomic mass is 9.87. The molecule has 0 atom stereocenters. The first kappa shape index (κ1) is 19.6. The molecule has 1 aromatic carbocycles. The minimum Gasteiger partial charge on any atom is -0.476 e. The quantitative estimate of drug-likeness (QED) is 0.717. The van der Waals surface area contributed by atoms with Crippen molar-refractivity contribution in [2.45, 2.75) is 32.7 Å². The molecular weight excluding hydrogens is 354 g/mol. The van der Waals surface area contributed by atoms with E-state index in [0.29, 0.717) is 10.6 Å². The normalized spacial score (nSPS) is 11.0. The first-order chi connectivity index (χ1) is 12.2. The molecule has 3 N–H and O–H groups in total. The van der Waals surface area contributed by atoms with Crippen molar-refractivity contribution in [1.29, 1.82) is 0 Å². The maximum atomic E-state index is 12.1. The average molecular weight is 375 g/mol. The zero-order valence-electron chi connectivity index (χ0n) is 14.8. The largest absolute Gasteiger partial charge is 0.476 e. The summed E-state index contributed by atoms with van der Waals surface area (Å²) < 4.78 is 0. The zero-order chi connectivity index (χ0) is 19.3. The van der Waals surface area contributed by atoms with Gasteiger partial charge in [-0.2, -0.15) is 0 Å². The van der Waals surface area contributed by atoms with E-state index in [2.05, 4.69) is 36.4 Å². The van der Waals surface area contributed by atoms with Crippen molar-refractivity contribution in [2.24, 2.45) is 0 Å². The van der Waals surface area contributed by atoms with E-state index in [1.807, 2.05) is 12.1 Å². The summed E-state index contributed by atoms with van der Waals surface area (Å²) in [7, 11) is 0. The van der Waals surface area contributed by atoms with Gasteiger partial charge in [0.2, 0.25) is 5.91 Å². The standard InChI is InChI=1S/C18H21N3O4S/c1-18(2,3)12-6-4-11(5-7-12)16(23)20-8-14(22)19-9-15-21-13(10-26-15)17(24)25/h4-7,10H,8-9H2,1-3H3,(H,19,22)(H,20,23)(H,24,25). The molecule has 0 radical (unpaired) electrons. The number of carboxylic acids is 1. The topological polar surface area (TPSA) is 108 Å². The molecular formula is C18H21N3O4S. The zero-order valence-corrected chi connectivity index (χ0v) is 15.6. The number of aromatic nitrogens is 1. The van der Waals surface area contributed by atoms with E-state index in [1.54, 1.807) is 12.1 Å². The summed E-state index contributed by atoms with van der Waals surface area (Å²) in [5.74, 6) is -1.82. The van der Waals surface area contributed by atoms with Gasteiger partial charge in [0.1, 0.15) is 5.01 Å². The van der Waals surface area contributed by atoms with Crippen molar-refractivity contribution >= 4 is 29.1 Å². The summed E-state index contributed by atoms with van der Waals surface area (Å²) in [5, 5.41) is 15.8. The van der Waals surface area contributed by atoms with Crippen LogP contribution in [0.4, 0.5) is 0 Å². The Kier molecular flexibility index (Phi) is 6.10. The molecule has 1 aromatic heterocycles. The number of carbonyl (C=O) groups excluding carboxylic acids is 2. The number of hydrogen-bond acceptors (Lipinski definition) is 5. The molecule has 0 spiro atoms. The fourth-order valence-corrected chi connectivity index (χ4v) is 2.82. The van der Waals surface area contributed by atoms with Crippen LogP contribution in [0.15, 0.2) is 29.6 Å². The Bertz CT molecular complexity index is 807. The minimum absolute atomic E-state index is 0.00518. The summed E-state index contributed by atoms with van der Waals surface area (Å²) in [5.41, 5.74) is 1.56. The van der Waals surface area contributed by atoms with E-state index in [4.69, 9.17) is 5.11 Å². The number of amides is 2. The van der Waals surface area contributed by atoms with Crippen LogP contribution in [0.25, 0.3) is 0 Å². The molecule has 7 nitrogen and oxygen atoms in total. The van der Waals surface area contributed by atoms with Crippen molar-refractivity contribution in [2.75, 3.05) is 6.54 Å². The Morgan fingerprint density at radius 1 is 1.12 bits per heavy atom. The minimum atomic E-state index is -1.11. The van der Waals surface area contributed by atoms with Crippen LogP contribution in [-0.4, -0.2) is 34.4 Å². The second kappa shape index (κ2) is 8.09. The fourth-order valence-electron chi connectivity index (χ4n) is 2.11. The Morgan fingerprint density at radius 3 is 2.31 bits per heavy atom. The number of aromatic carboxylic acids is 1. The number of nitrogens with one attached hydrogen (secondary N) is 2. The number of thiazole rings is 1. The average Bonchev–Trinajstić information content (AvgIpc) is 3.06. The third-order valence-corrected chi connectivity index (χ3v) is 4.48. The molecule has 0 saturated carbocycles. The van der Waals surface area contributed by atoms with Gasteiger partial charge in [-0.15, -0.1) is 11.3 Å². The number of nitrogens with zero attached hydrogens (tertiary/aromatic N) is 1. The molecule has 8 heteroatoms. The SMILES string of the molecule is CC(C)(C)c1ccc(C(=O)NCC(=O)NCc2nc(C(=O)O)cs2)cc1. The van der Waals surface area contributed by atoms with Crippen LogP contribution >= 0.6 is 11.3 Å². The molecule has 138 valence electrons. The van der Waals surface area contributed by atoms with Gasteiger partial charge in [-0.3, -0.25) is 9.59 Å². The monoisotopic (exact) mass is 375 g/mol. The summed E-state index contributed by atoms with van der Waals surface area (Å²) in [6.45, 7) is 6.22. The van der Waals surface area contributed by atoms with Crippen LogP contribution in [0.1, 0.15) is 52.2 Å². The first-order valence-electron chi connectivity index (χ1n) is 8.00.